The lowest BCUT2D eigenvalue weighted by Gasteiger charge is -2.14. The summed E-state index contributed by atoms with van der Waals surface area (Å²) in [6.45, 7) is 4.20. The molecule has 1 aromatic heterocycles. The Morgan fingerprint density at radius 3 is 2.41 bits per heavy atom. The largest absolute Gasteiger partial charge is 0.508 e. The van der Waals surface area contributed by atoms with E-state index >= 15 is 0 Å². The van der Waals surface area contributed by atoms with E-state index in [1.54, 1.807) is 0 Å². The van der Waals surface area contributed by atoms with E-state index in [2.05, 4.69) is 43.3 Å². The first-order chi connectivity index (χ1) is 13.1. The monoisotopic (exact) mass is 360 g/mol. The van der Waals surface area contributed by atoms with Crippen LogP contribution in [0.4, 0.5) is 0 Å². The lowest BCUT2D eigenvalue weighted by molar-refractivity contribution is 0.461. The van der Waals surface area contributed by atoms with Crippen LogP contribution in [0, 0.1) is 13.8 Å². The number of aryl methyl sites for hydroxylation is 1. The number of hydrogen-bond donors (Lipinski definition) is 1. The summed E-state index contributed by atoms with van der Waals surface area (Å²) in [5.41, 5.74) is 6.20. The molecule has 27 heavy (non-hydrogen) atoms. The van der Waals surface area contributed by atoms with E-state index in [0.717, 1.165) is 29.9 Å². The van der Waals surface area contributed by atoms with Gasteiger partial charge in [-0.05, 0) is 60.9 Å². The molecule has 1 aliphatic rings. The van der Waals surface area contributed by atoms with E-state index in [-0.39, 0.29) is 0 Å². The van der Waals surface area contributed by atoms with Crippen molar-refractivity contribution in [1.82, 2.24) is 0 Å². The first-order valence-corrected chi connectivity index (χ1v) is 10.0. The second-order valence-corrected chi connectivity index (χ2v) is 7.90. The maximum atomic E-state index is 10.4. The van der Waals surface area contributed by atoms with Crippen LogP contribution >= 0.6 is 0 Å². The molecule has 0 aliphatic heterocycles. The van der Waals surface area contributed by atoms with Crippen LogP contribution in [0.15, 0.2) is 52.9 Å². The summed E-state index contributed by atoms with van der Waals surface area (Å²) < 4.78 is 6.13. The standard InChI is InChI=1S/C25H28O2/c1-17-18(2)27-25(16-19-8-4-3-5-9-19)22(17)14-20-12-13-24(26)23(15-20)21-10-6-7-11-21/h3-5,8-9,12-13,15,21,26H,6-7,10-11,14,16H2,1-2H3. The Morgan fingerprint density at radius 1 is 0.926 bits per heavy atom. The zero-order chi connectivity index (χ0) is 18.8. The second-order valence-electron chi connectivity index (χ2n) is 7.90. The molecule has 2 aromatic carbocycles. The molecule has 1 N–H and O–H groups in total. The van der Waals surface area contributed by atoms with Gasteiger partial charge in [-0.2, -0.15) is 0 Å². The van der Waals surface area contributed by atoms with Crippen LogP contribution in [0.3, 0.4) is 0 Å². The van der Waals surface area contributed by atoms with E-state index in [1.165, 1.54) is 47.9 Å². The summed E-state index contributed by atoms with van der Waals surface area (Å²) in [6.07, 6.45) is 6.61. The van der Waals surface area contributed by atoms with Crippen molar-refractivity contribution in [2.45, 2.75) is 58.3 Å². The highest BCUT2D eigenvalue weighted by molar-refractivity contribution is 5.44. The average molecular weight is 360 g/mol. The number of rotatable bonds is 5. The molecule has 2 nitrogen and oxygen atoms in total. The first-order valence-electron chi connectivity index (χ1n) is 10.0. The van der Waals surface area contributed by atoms with Crippen molar-refractivity contribution in [2.24, 2.45) is 0 Å². The van der Waals surface area contributed by atoms with Crippen molar-refractivity contribution >= 4 is 0 Å². The lowest BCUT2D eigenvalue weighted by Crippen LogP contribution is -1.99. The fourth-order valence-corrected chi connectivity index (χ4v) is 4.38. The van der Waals surface area contributed by atoms with Gasteiger partial charge in [0.15, 0.2) is 0 Å². The van der Waals surface area contributed by atoms with Gasteiger partial charge in [0, 0.05) is 18.4 Å². The van der Waals surface area contributed by atoms with Gasteiger partial charge in [-0.3, -0.25) is 0 Å². The summed E-state index contributed by atoms with van der Waals surface area (Å²) in [5.74, 6) is 3.04. The predicted octanol–water partition coefficient (Wildman–Crippen LogP) is 6.44. The Hall–Kier alpha value is -2.48. The second kappa shape index (κ2) is 7.64. The molecule has 1 fully saturated rings. The van der Waals surface area contributed by atoms with Gasteiger partial charge in [0.05, 0.1) is 0 Å². The molecule has 0 bridgehead atoms. The molecule has 1 saturated carbocycles. The maximum Gasteiger partial charge on any atom is 0.119 e. The number of furan rings is 1. The van der Waals surface area contributed by atoms with E-state index < -0.39 is 0 Å². The van der Waals surface area contributed by atoms with E-state index in [4.69, 9.17) is 4.42 Å². The van der Waals surface area contributed by atoms with E-state index in [0.29, 0.717) is 11.7 Å². The molecule has 140 valence electrons. The zero-order valence-electron chi connectivity index (χ0n) is 16.3. The van der Waals surface area contributed by atoms with Gasteiger partial charge in [-0.1, -0.05) is 55.3 Å². The van der Waals surface area contributed by atoms with Crippen LogP contribution in [0.5, 0.6) is 5.75 Å². The third-order valence-corrected chi connectivity index (χ3v) is 6.07. The number of aromatic hydroxyl groups is 1. The van der Waals surface area contributed by atoms with Crippen LogP contribution < -0.4 is 0 Å². The zero-order valence-corrected chi connectivity index (χ0v) is 16.3. The molecular weight excluding hydrogens is 332 g/mol. The molecule has 0 spiro atoms. The minimum atomic E-state index is 0.454. The fourth-order valence-electron chi connectivity index (χ4n) is 4.38. The van der Waals surface area contributed by atoms with Crippen LogP contribution in [-0.4, -0.2) is 5.11 Å². The van der Waals surface area contributed by atoms with Gasteiger partial charge >= 0.3 is 0 Å². The highest BCUT2D eigenvalue weighted by Crippen LogP contribution is 2.39. The van der Waals surface area contributed by atoms with Crippen molar-refractivity contribution in [3.8, 4) is 5.75 Å². The Morgan fingerprint density at radius 2 is 1.67 bits per heavy atom. The molecule has 1 aliphatic carbocycles. The van der Waals surface area contributed by atoms with E-state index in [1.807, 2.05) is 19.1 Å². The van der Waals surface area contributed by atoms with Gasteiger partial charge in [-0.15, -0.1) is 0 Å². The predicted molar refractivity (Wildman–Crippen MR) is 110 cm³/mol. The number of phenols is 1. The Labute approximate surface area is 161 Å². The van der Waals surface area contributed by atoms with Crippen LogP contribution in [0.2, 0.25) is 0 Å². The summed E-state index contributed by atoms with van der Waals surface area (Å²) in [6, 6.07) is 16.6. The van der Waals surface area contributed by atoms with Crippen molar-refractivity contribution in [3.63, 3.8) is 0 Å². The minimum absolute atomic E-state index is 0.454. The van der Waals surface area contributed by atoms with Crippen molar-refractivity contribution in [1.29, 1.82) is 0 Å². The first kappa shape index (κ1) is 17.9. The number of phenolic OH excluding ortho intramolecular Hbond substituents is 1. The Bertz CT molecular complexity index is 915. The van der Waals surface area contributed by atoms with Crippen LogP contribution in [-0.2, 0) is 12.8 Å². The Balaban J connectivity index is 1.63. The molecule has 0 radical (unpaired) electrons. The molecule has 2 heteroatoms. The molecule has 3 aromatic rings. The van der Waals surface area contributed by atoms with Crippen molar-refractivity contribution in [2.75, 3.05) is 0 Å². The normalized spacial score (nSPS) is 14.7. The fraction of sp³-hybridized carbons (Fsp3) is 0.360. The van der Waals surface area contributed by atoms with Gasteiger partial charge < -0.3 is 9.52 Å². The summed E-state index contributed by atoms with van der Waals surface area (Å²) in [4.78, 5) is 0. The minimum Gasteiger partial charge on any atom is -0.508 e. The van der Waals surface area contributed by atoms with Gasteiger partial charge in [0.2, 0.25) is 0 Å². The smallest absolute Gasteiger partial charge is 0.119 e. The summed E-state index contributed by atoms with van der Waals surface area (Å²) >= 11 is 0. The topological polar surface area (TPSA) is 33.4 Å². The highest BCUT2D eigenvalue weighted by atomic mass is 16.3. The van der Waals surface area contributed by atoms with Gasteiger partial charge in [0.1, 0.15) is 17.3 Å². The molecule has 0 saturated heterocycles. The molecule has 4 rings (SSSR count). The maximum absolute atomic E-state index is 10.4. The number of benzene rings is 2. The van der Waals surface area contributed by atoms with Gasteiger partial charge in [0.25, 0.3) is 0 Å². The van der Waals surface area contributed by atoms with Crippen molar-refractivity contribution in [3.05, 3.63) is 87.9 Å². The molecule has 1 heterocycles. The van der Waals surface area contributed by atoms with Gasteiger partial charge in [-0.25, -0.2) is 0 Å². The van der Waals surface area contributed by atoms with Crippen molar-refractivity contribution < 1.29 is 9.52 Å². The quantitative estimate of drug-likeness (QED) is 0.568. The molecular formula is C25H28O2. The third kappa shape index (κ3) is 3.80. The average Bonchev–Trinajstić information content (AvgIpc) is 3.29. The SMILES string of the molecule is Cc1oc(Cc2ccccc2)c(Cc2ccc(O)c(C3CCCC3)c2)c1C. The highest BCUT2D eigenvalue weighted by Gasteiger charge is 2.21. The Kier molecular flexibility index (Phi) is 5.07. The third-order valence-electron chi connectivity index (χ3n) is 6.07. The van der Waals surface area contributed by atoms with Crippen LogP contribution in [0.25, 0.3) is 0 Å². The molecule has 0 amide bonds. The van der Waals surface area contributed by atoms with Crippen LogP contribution in [0.1, 0.15) is 70.9 Å². The summed E-state index contributed by atoms with van der Waals surface area (Å²) in [5, 5.41) is 10.4. The molecule has 0 unspecified atom stereocenters. The summed E-state index contributed by atoms with van der Waals surface area (Å²) in [7, 11) is 0. The molecule has 0 atom stereocenters. The number of hydrogen-bond acceptors (Lipinski definition) is 2. The van der Waals surface area contributed by atoms with E-state index in [9.17, 15) is 5.11 Å². The lowest BCUT2D eigenvalue weighted by atomic mass is 9.92.